The van der Waals surface area contributed by atoms with Crippen LogP contribution in [0.15, 0.2) is 48.7 Å². The van der Waals surface area contributed by atoms with Crippen molar-refractivity contribution >= 4 is 23.3 Å². The normalized spacial score (nSPS) is 14.2. The molecule has 1 aliphatic heterocycles. The maximum absolute atomic E-state index is 12.9. The SMILES string of the molecule is CCCN(CC(=O)Nc1ccccc1OC)C(=O)CN1CCN(c2ccccn2)CC1. The van der Waals surface area contributed by atoms with E-state index in [9.17, 15) is 9.59 Å². The Labute approximate surface area is 183 Å². The number of aromatic nitrogens is 1. The number of rotatable bonds is 9. The van der Waals surface area contributed by atoms with Crippen molar-refractivity contribution in [2.75, 3.05) is 63.1 Å². The summed E-state index contributed by atoms with van der Waals surface area (Å²) in [6, 6.07) is 13.1. The molecule has 1 aromatic heterocycles. The summed E-state index contributed by atoms with van der Waals surface area (Å²) in [5.41, 5.74) is 0.601. The van der Waals surface area contributed by atoms with Crippen molar-refractivity contribution in [3.8, 4) is 5.75 Å². The van der Waals surface area contributed by atoms with Crippen molar-refractivity contribution < 1.29 is 14.3 Å². The third kappa shape index (κ3) is 6.42. The van der Waals surface area contributed by atoms with Gasteiger partial charge in [0, 0.05) is 38.9 Å². The highest BCUT2D eigenvalue weighted by Crippen LogP contribution is 2.22. The van der Waals surface area contributed by atoms with E-state index in [0.29, 0.717) is 24.5 Å². The zero-order valence-corrected chi connectivity index (χ0v) is 18.3. The van der Waals surface area contributed by atoms with Crippen molar-refractivity contribution in [3.63, 3.8) is 0 Å². The van der Waals surface area contributed by atoms with Gasteiger partial charge in [0.1, 0.15) is 11.6 Å². The summed E-state index contributed by atoms with van der Waals surface area (Å²) >= 11 is 0. The van der Waals surface area contributed by atoms with Gasteiger partial charge in [0.15, 0.2) is 0 Å². The summed E-state index contributed by atoms with van der Waals surface area (Å²) in [5.74, 6) is 1.30. The Kier molecular flexibility index (Phi) is 8.23. The highest BCUT2D eigenvalue weighted by atomic mass is 16.5. The Morgan fingerprint density at radius 3 is 2.52 bits per heavy atom. The molecular weight excluding hydrogens is 394 g/mol. The number of benzene rings is 1. The van der Waals surface area contributed by atoms with Gasteiger partial charge in [-0.15, -0.1) is 0 Å². The molecule has 166 valence electrons. The highest BCUT2D eigenvalue weighted by Gasteiger charge is 2.23. The van der Waals surface area contributed by atoms with Crippen molar-refractivity contribution in [2.45, 2.75) is 13.3 Å². The molecule has 2 aromatic rings. The van der Waals surface area contributed by atoms with Gasteiger partial charge in [-0.3, -0.25) is 14.5 Å². The number of hydrogen-bond donors (Lipinski definition) is 1. The van der Waals surface area contributed by atoms with Crippen LogP contribution in [0.3, 0.4) is 0 Å². The first kappa shape index (κ1) is 22.6. The van der Waals surface area contributed by atoms with E-state index in [-0.39, 0.29) is 18.4 Å². The molecule has 3 rings (SSSR count). The van der Waals surface area contributed by atoms with Gasteiger partial charge in [-0.25, -0.2) is 4.98 Å². The number of pyridine rings is 1. The van der Waals surface area contributed by atoms with E-state index in [4.69, 9.17) is 4.74 Å². The van der Waals surface area contributed by atoms with E-state index >= 15 is 0 Å². The van der Waals surface area contributed by atoms with E-state index < -0.39 is 0 Å². The summed E-state index contributed by atoms with van der Waals surface area (Å²) in [6.45, 7) is 6.12. The summed E-state index contributed by atoms with van der Waals surface area (Å²) in [5, 5.41) is 2.85. The lowest BCUT2D eigenvalue weighted by atomic mass is 10.2. The average Bonchev–Trinajstić information content (AvgIpc) is 2.80. The van der Waals surface area contributed by atoms with E-state index in [2.05, 4.69) is 20.1 Å². The lowest BCUT2D eigenvalue weighted by molar-refractivity contribution is -0.135. The molecule has 1 saturated heterocycles. The number of anilines is 2. The van der Waals surface area contributed by atoms with E-state index in [0.717, 1.165) is 38.4 Å². The van der Waals surface area contributed by atoms with Gasteiger partial charge in [-0.1, -0.05) is 25.1 Å². The summed E-state index contributed by atoms with van der Waals surface area (Å²) < 4.78 is 5.28. The van der Waals surface area contributed by atoms with Crippen LogP contribution >= 0.6 is 0 Å². The molecule has 0 unspecified atom stereocenters. The fraction of sp³-hybridized carbons (Fsp3) is 0.435. The molecule has 0 spiro atoms. The van der Waals surface area contributed by atoms with Crippen molar-refractivity contribution in [1.82, 2.24) is 14.8 Å². The van der Waals surface area contributed by atoms with Crippen molar-refractivity contribution in [1.29, 1.82) is 0 Å². The number of carbonyl (C=O) groups is 2. The molecule has 8 heteroatoms. The number of piperazine rings is 1. The Morgan fingerprint density at radius 2 is 1.84 bits per heavy atom. The second-order valence-corrected chi connectivity index (χ2v) is 7.51. The molecule has 0 aliphatic carbocycles. The third-order valence-electron chi connectivity index (χ3n) is 5.27. The van der Waals surface area contributed by atoms with Gasteiger partial charge < -0.3 is 19.9 Å². The van der Waals surface area contributed by atoms with Crippen LogP contribution in [0.5, 0.6) is 5.75 Å². The molecule has 0 saturated carbocycles. The highest BCUT2D eigenvalue weighted by molar-refractivity contribution is 5.95. The maximum atomic E-state index is 12.9. The van der Waals surface area contributed by atoms with Gasteiger partial charge in [-0.05, 0) is 30.7 Å². The van der Waals surface area contributed by atoms with Crippen LogP contribution < -0.4 is 15.0 Å². The predicted molar refractivity (Wildman–Crippen MR) is 121 cm³/mol. The first-order chi connectivity index (χ1) is 15.1. The first-order valence-electron chi connectivity index (χ1n) is 10.7. The standard InChI is InChI=1S/C23H31N5O3/c1-3-12-28(17-22(29)25-19-8-4-5-9-20(19)31-2)23(30)18-26-13-15-27(16-14-26)21-10-6-7-11-24-21/h4-11H,3,12-18H2,1-2H3,(H,25,29). The molecule has 1 aromatic carbocycles. The predicted octanol–water partition coefficient (Wildman–Crippen LogP) is 2.09. The van der Waals surface area contributed by atoms with Crippen LogP contribution in [0.4, 0.5) is 11.5 Å². The largest absolute Gasteiger partial charge is 0.495 e. The van der Waals surface area contributed by atoms with Crippen molar-refractivity contribution in [3.05, 3.63) is 48.7 Å². The van der Waals surface area contributed by atoms with E-state index in [1.54, 1.807) is 30.3 Å². The van der Waals surface area contributed by atoms with Crippen molar-refractivity contribution in [2.24, 2.45) is 0 Å². The monoisotopic (exact) mass is 425 g/mol. The van der Waals surface area contributed by atoms with Crippen LogP contribution in [-0.2, 0) is 9.59 Å². The van der Waals surface area contributed by atoms with Gasteiger partial charge in [0.25, 0.3) is 0 Å². The first-order valence-corrected chi connectivity index (χ1v) is 10.7. The molecule has 8 nitrogen and oxygen atoms in total. The second-order valence-electron chi connectivity index (χ2n) is 7.51. The molecule has 2 heterocycles. The number of methoxy groups -OCH3 is 1. The number of nitrogens with one attached hydrogen (secondary N) is 1. The quantitative estimate of drug-likeness (QED) is 0.663. The molecule has 1 fully saturated rings. The number of para-hydroxylation sites is 2. The Hall–Kier alpha value is -3.13. The van der Waals surface area contributed by atoms with Gasteiger partial charge in [0.2, 0.25) is 11.8 Å². The van der Waals surface area contributed by atoms with E-state index in [1.165, 1.54) is 0 Å². The number of amides is 2. The molecule has 2 amide bonds. The summed E-state index contributed by atoms with van der Waals surface area (Å²) in [4.78, 5) is 35.9. The summed E-state index contributed by atoms with van der Waals surface area (Å²) in [6.07, 6.45) is 2.59. The van der Waals surface area contributed by atoms with Crippen LogP contribution in [0, 0.1) is 0 Å². The smallest absolute Gasteiger partial charge is 0.244 e. The molecule has 31 heavy (non-hydrogen) atoms. The minimum atomic E-state index is -0.230. The lowest BCUT2D eigenvalue weighted by Gasteiger charge is -2.36. The van der Waals surface area contributed by atoms with Gasteiger partial charge in [0.05, 0.1) is 25.9 Å². The number of nitrogens with zero attached hydrogens (tertiary/aromatic N) is 4. The fourth-order valence-electron chi connectivity index (χ4n) is 3.64. The van der Waals surface area contributed by atoms with Crippen LogP contribution in [0.25, 0.3) is 0 Å². The van der Waals surface area contributed by atoms with Crippen LogP contribution in [0.2, 0.25) is 0 Å². The molecule has 1 aliphatic rings. The molecular formula is C23H31N5O3. The lowest BCUT2D eigenvalue weighted by Crippen LogP contribution is -2.51. The number of ether oxygens (including phenoxy) is 1. The van der Waals surface area contributed by atoms with E-state index in [1.807, 2.05) is 37.3 Å². The van der Waals surface area contributed by atoms with Gasteiger partial charge in [-0.2, -0.15) is 0 Å². The van der Waals surface area contributed by atoms with Crippen LogP contribution in [-0.4, -0.2) is 79.5 Å². The third-order valence-corrected chi connectivity index (χ3v) is 5.27. The molecule has 0 bridgehead atoms. The second kappa shape index (κ2) is 11.3. The Balaban J connectivity index is 1.51. The Bertz CT molecular complexity index is 853. The number of hydrogen-bond acceptors (Lipinski definition) is 6. The van der Waals surface area contributed by atoms with Crippen LogP contribution in [0.1, 0.15) is 13.3 Å². The van der Waals surface area contributed by atoms with Gasteiger partial charge >= 0.3 is 0 Å². The fourth-order valence-corrected chi connectivity index (χ4v) is 3.64. The topological polar surface area (TPSA) is 78.0 Å². The summed E-state index contributed by atoms with van der Waals surface area (Å²) in [7, 11) is 1.56. The Morgan fingerprint density at radius 1 is 1.10 bits per heavy atom. The zero-order chi connectivity index (χ0) is 22.1. The average molecular weight is 426 g/mol. The maximum Gasteiger partial charge on any atom is 0.244 e. The number of carbonyl (C=O) groups excluding carboxylic acids is 2. The minimum Gasteiger partial charge on any atom is -0.495 e. The molecule has 0 radical (unpaired) electrons. The molecule has 1 N–H and O–H groups in total. The minimum absolute atomic E-state index is 0.0247. The molecule has 0 atom stereocenters. The zero-order valence-electron chi connectivity index (χ0n) is 18.3.